The number of aliphatic hydroxyl groups excluding tert-OH is 3. The monoisotopic (exact) mass is 843 g/mol. The van der Waals surface area contributed by atoms with Crippen LogP contribution in [0, 0.1) is 0 Å². The Labute approximate surface area is 350 Å². The van der Waals surface area contributed by atoms with Crippen LogP contribution in [0.3, 0.4) is 0 Å². The lowest BCUT2D eigenvalue weighted by molar-refractivity contribution is -0.297. The van der Waals surface area contributed by atoms with Crippen LogP contribution in [0.2, 0.25) is 0 Å². The van der Waals surface area contributed by atoms with Gasteiger partial charge in [-0.1, -0.05) is 152 Å². The molecule has 6 atom stereocenters. The predicted molar refractivity (Wildman–Crippen MR) is 229 cm³/mol. The molecule has 1 rings (SSSR count). The van der Waals surface area contributed by atoms with Crippen LogP contribution in [0.4, 0.5) is 0 Å². The quantitative estimate of drug-likeness (QED) is 0.0204. The van der Waals surface area contributed by atoms with Gasteiger partial charge in [-0.25, -0.2) is 0 Å². The predicted octanol–water partition coefficient (Wildman–Crippen LogP) is 8.78. The second-order valence-electron chi connectivity index (χ2n) is 15.4. The zero-order valence-electron chi connectivity index (χ0n) is 35.6. The lowest BCUT2D eigenvalue weighted by Gasteiger charge is -2.40. The van der Waals surface area contributed by atoms with Crippen LogP contribution in [0.15, 0.2) is 48.6 Å². The summed E-state index contributed by atoms with van der Waals surface area (Å²) in [5.41, 5.74) is 0. The summed E-state index contributed by atoms with van der Waals surface area (Å²) in [5, 5.41) is 30.8. The maximum Gasteiger partial charge on any atom is 0.306 e. The Morgan fingerprint density at radius 1 is 0.586 bits per heavy atom. The van der Waals surface area contributed by atoms with E-state index < -0.39 is 71.2 Å². The van der Waals surface area contributed by atoms with Crippen molar-refractivity contribution in [3.63, 3.8) is 0 Å². The van der Waals surface area contributed by atoms with E-state index in [9.17, 15) is 37.9 Å². The average Bonchev–Trinajstić information content (AvgIpc) is 3.18. The van der Waals surface area contributed by atoms with Crippen LogP contribution in [0.1, 0.15) is 168 Å². The highest BCUT2D eigenvalue weighted by Gasteiger charge is 2.46. The minimum Gasteiger partial charge on any atom is -0.462 e. The Morgan fingerprint density at radius 2 is 1.05 bits per heavy atom. The Balaban J connectivity index is 2.47. The third-order valence-corrected chi connectivity index (χ3v) is 10.7. The highest BCUT2D eigenvalue weighted by molar-refractivity contribution is 7.85. The summed E-state index contributed by atoms with van der Waals surface area (Å²) >= 11 is 0. The number of carbonyl (C=O) groups excluding carboxylic acids is 2. The van der Waals surface area contributed by atoms with E-state index in [0.717, 1.165) is 44.9 Å². The molecule has 13 heteroatoms. The molecule has 0 aromatic carbocycles. The van der Waals surface area contributed by atoms with Crippen molar-refractivity contribution >= 4 is 22.1 Å². The van der Waals surface area contributed by atoms with Crippen LogP contribution < -0.4 is 0 Å². The number of allylic oxidation sites excluding steroid dienone is 8. The van der Waals surface area contributed by atoms with Crippen LogP contribution in [0.25, 0.3) is 0 Å². The molecule has 1 heterocycles. The number of hydrogen-bond acceptors (Lipinski definition) is 11. The number of hydrogen-bond donors (Lipinski definition) is 4. The van der Waals surface area contributed by atoms with Crippen molar-refractivity contribution in [1.82, 2.24) is 0 Å². The normalized spacial score (nSPS) is 20.8. The third-order valence-electron chi connectivity index (χ3n) is 9.91. The fourth-order valence-electron chi connectivity index (χ4n) is 6.43. The largest absolute Gasteiger partial charge is 0.462 e. The van der Waals surface area contributed by atoms with Gasteiger partial charge in [-0.2, -0.15) is 8.42 Å². The number of unbranched alkanes of at least 4 members (excludes halogenated alkanes) is 16. The van der Waals surface area contributed by atoms with E-state index in [1.54, 1.807) is 0 Å². The first-order chi connectivity index (χ1) is 28.0. The van der Waals surface area contributed by atoms with Crippen molar-refractivity contribution in [2.45, 2.75) is 205 Å². The summed E-state index contributed by atoms with van der Waals surface area (Å²) in [7, 11) is -4.61. The first-order valence-corrected chi connectivity index (χ1v) is 23.8. The van der Waals surface area contributed by atoms with Crippen LogP contribution in [0.5, 0.6) is 0 Å². The van der Waals surface area contributed by atoms with Crippen molar-refractivity contribution in [3.8, 4) is 0 Å². The highest BCUT2D eigenvalue weighted by Crippen LogP contribution is 2.24. The summed E-state index contributed by atoms with van der Waals surface area (Å²) in [4.78, 5) is 25.3. The van der Waals surface area contributed by atoms with E-state index >= 15 is 0 Å². The molecule has 1 aliphatic heterocycles. The lowest BCUT2D eigenvalue weighted by atomic mass is 10.00. The summed E-state index contributed by atoms with van der Waals surface area (Å²) in [6.45, 7) is 3.67. The van der Waals surface area contributed by atoms with Gasteiger partial charge in [-0.3, -0.25) is 14.1 Å². The molecule has 0 radical (unpaired) electrons. The molecule has 58 heavy (non-hydrogen) atoms. The molecule has 0 amide bonds. The van der Waals surface area contributed by atoms with Gasteiger partial charge < -0.3 is 34.3 Å². The first-order valence-electron chi connectivity index (χ1n) is 22.2. The molecule has 0 spiro atoms. The van der Waals surface area contributed by atoms with Crippen LogP contribution in [-0.4, -0.2) is 96.0 Å². The van der Waals surface area contributed by atoms with Gasteiger partial charge in [-0.05, 0) is 51.4 Å². The van der Waals surface area contributed by atoms with E-state index in [-0.39, 0.29) is 19.4 Å². The zero-order chi connectivity index (χ0) is 42.7. The highest BCUT2D eigenvalue weighted by atomic mass is 32.2. The fraction of sp³-hybridized carbons (Fsp3) is 0.778. The average molecular weight is 843 g/mol. The van der Waals surface area contributed by atoms with Gasteiger partial charge in [-0.15, -0.1) is 0 Å². The molecule has 1 fully saturated rings. The van der Waals surface area contributed by atoms with E-state index in [0.29, 0.717) is 19.3 Å². The maximum absolute atomic E-state index is 12.8. The van der Waals surface area contributed by atoms with Gasteiger partial charge in [0.15, 0.2) is 12.4 Å². The smallest absolute Gasteiger partial charge is 0.306 e. The molecule has 1 aliphatic rings. The minimum atomic E-state index is -4.61. The van der Waals surface area contributed by atoms with Crippen LogP contribution in [-0.2, 0) is 38.7 Å². The SMILES string of the molecule is CCCCCCCCC/C=C/C/C=C/C/C=C/C/C=C/CCCC(=O)O[C@H](COC(=O)CCCCCCCCCCC)CO[C@H]1O[C@H](CS(=O)(=O)O)[C@@H](O)C(O)C1O. The molecule has 4 N–H and O–H groups in total. The fourth-order valence-corrected chi connectivity index (χ4v) is 7.12. The molecule has 0 bridgehead atoms. The molecule has 1 saturated heterocycles. The Hall–Kier alpha value is -2.39. The summed E-state index contributed by atoms with van der Waals surface area (Å²) in [6, 6.07) is 0. The van der Waals surface area contributed by atoms with Gasteiger partial charge in [0, 0.05) is 12.8 Å². The van der Waals surface area contributed by atoms with Crippen molar-refractivity contribution < 1.29 is 56.8 Å². The van der Waals surface area contributed by atoms with E-state index in [2.05, 4.69) is 50.3 Å². The minimum absolute atomic E-state index is 0.0885. The molecule has 12 nitrogen and oxygen atoms in total. The number of esters is 2. The molecule has 336 valence electrons. The Morgan fingerprint density at radius 3 is 1.59 bits per heavy atom. The van der Waals surface area contributed by atoms with Crippen molar-refractivity contribution in [2.24, 2.45) is 0 Å². The molecule has 0 saturated carbocycles. The maximum atomic E-state index is 12.8. The third kappa shape index (κ3) is 29.8. The number of ether oxygens (including phenoxy) is 4. The van der Waals surface area contributed by atoms with Crippen molar-refractivity contribution in [2.75, 3.05) is 19.0 Å². The molecular formula is C45H78O12S. The summed E-state index contributed by atoms with van der Waals surface area (Å²) in [6.07, 6.45) is 31.8. The summed E-state index contributed by atoms with van der Waals surface area (Å²) < 4.78 is 53.9. The summed E-state index contributed by atoms with van der Waals surface area (Å²) in [5.74, 6) is -2.06. The topological polar surface area (TPSA) is 186 Å². The molecular weight excluding hydrogens is 765 g/mol. The van der Waals surface area contributed by atoms with Crippen LogP contribution >= 0.6 is 0 Å². The number of carbonyl (C=O) groups is 2. The van der Waals surface area contributed by atoms with Gasteiger partial charge >= 0.3 is 11.9 Å². The van der Waals surface area contributed by atoms with Gasteiger partial charge in [0.2, 0.25) is 0 Å². The second kappa shape index (κ2) is 35.4. The van der Waals surface area contributed by atoms with Gasteiger partial charge in [0.1, 0.15) is 36.8 Å². The van der Waals surface area contributed by atoms with Gasteiger partial charge in [0.05, 0.1) is 6.61 Å². The molecule has 0 aromatic rings. The van der Waals surface area contributed by atoms with Gasteiger partial charge in [0.25, 0.3) is 10.1 Å². The van der Waals surface area contributed by atoms with E-state index in [4.69, 9.17) is 18.9 Å². The number of aliphatic hydroxyl groups is 3. The molecule has 0 aromatic heterocycles. The lowest BCUT2D eigenvalue weighted by Crippen LogP contribution is -2.60. The number of rotatable bonds is 36. The van der Waals surface area contributed by atoms with E-state index in [1.165, 1.54) is 77.0 Å². The zero-order valence-corrected chi connectivity index (χ0v) is 36.5. The van der Waals surface area contributed by atoms with Crippen molar-refractivity contribution in [1.29, 1.82) is 0 Å². The molecule has 0 aliphatic carbocycles. The first kappa shape index (κ1) is 53.6. The van der Waals surface area contributed by atoms with E-state index in [1.807, 2.05) is 12.2 Å². The Kier molecular flexibility index (Phi) is 32.7. The standard InChI is InChI=1S/C45H78O12S/c1-3-5-7-9-11-13-14-15-16-17-18-19-20-21-22-23-24-26-28-30-32-34-41(47)56-38(35-54-40(46)33-31-29-27-25-12-10-8-6-4-2)36-55-45-44(50)43(49)42(48)39(57-45)37-58(51,52)53/h16-17,19-20,22-23,26,28,38-39,42-45,48-50H,3-15,18,21,24-25,27,29-37H2,1-2H3,(H,51,52,53)/b17-16+,20-19+,23-22+,28-26+/t38-,39-,42-,43?,44?,45+/m1/s1. The molecule has 2 unspecified atom stereocenters. The second-order valence-corrected chi connectivity index (χ2v) is 16.9. The Bertz CT molecular complexity index is 1260. The van der Waals surface area contributed by atoms with Crippen molar-refractivity contribution in [3.05, 3.63) is 48.6 Å².